The van der Waals surface area contributed by atoms with Crippen molar-refractivity contribution in [3.63, 3.8) is 0 Å². The molecule has 3 aromatic carbocycles. The molecule has 0 fully saturated rings. The van der Waals surface area contributed by atoms with Gasteiger partial charge in [-0.3, -0.25) is 0 Å². The molecule has 182 valence electrons. The average molecular weight is 475 g/mol. The van der Waals surface area contributed by atoms with E-state index in [1.54, 1.807) is 23.0 Å². The summed E-state index contributed by atoms with van der Waals surface area (Å²) in [6.07, 6.45) is 1.35. The molecule has 1 unspecified atom stereocenters. The number of aromatic nitrogens is 2. The Morgan fingerprint density at radius 2 is 1.60 bits per heavy atom. The molecule has 3 atom stereocenters. The van der Waals surface area contributed by atoms with Gasteiger partial charge in [0, 0.05) is 11.4 Å². The average Bonchev–Trinajstić information content (AvgIpc) is 3.26. The van der Waals surface area contributed by atoms with E-state index < -0.39 is 6.10 Å². The van der Waals surface area contributed by atoms with E-state index in [4.69, 9.17) is 4.74 Å². The first-order valence-corrected chi connectivity index (χ1v) is 11.8. The molecule has 4 aromatic rings. The van der Waals surface area contributed by atoms with Gasteiger partial charge in [-0.05, 0) is 67.8 Å². The number of carbonyl (C=O) groups is 1. The molecule has 1 aromatic heterocycles. The molecule has 0 bridgehead atoms. The summed E-state index contributed by atoms with van der Waals surface area (Å²) in [6, 6.07) is 21.3. The fourth-order valence-corrected chi connectivity index (χ4v) is 3.82. The quantitative estimate of drug-likeness (QED) is 0.328. The molecule has 35 heavy (non-hydrogen) atoms. The predicted molar refractivity (Wildman–Crippen MR) is 136 cm³/mol. The normalized spacial score (nSPS) is 13.9. The van der Waals surface area contributed by atoms with Gasteiger partial charge in [-0.25, -0.2) is 13.9 Å². The summed E-state index contributed by atoms with van der Waals surface area (Å²) < 4.78 is 21.5. The number of urea groups is 1. The third-order valence-electron chi connectivity index (χ3n) is 6.17. The maximum absolute atomic E-state index is 13.3. The Labute approximate surface area is 205 Å². The largest absolute Gasteiger partial charge is 0.484 e. The maximum atomic E-state index is 13.3. The van der Waals surface area contributed by atoms with Crippen LogP contribution in [0.15, 0.2) is 79.0 Å². The van der Waals surface area contributed by atoms with Crippen molar-refractivity contribution in [2.75, 3.05) is 0 Å². The van der Waals surface area contributed by atoms with E-state index in [0.29, 0.717) is 11.7 Å². The number of hydrogen-bond donors (Lipinski definition) is 2. The van der Waals surface area contributed by atoms with Crippen molar-refractivity contribution in [3.8, 4) is 11.4 Å². The van der Waals surface area contributed by atoms with Gasteiger partial charge in [0.25, 0.3) is 0 Å². The van der Waals surface area contributed by atoms with E-state index in [1.165, 1.54) is 12.1 Å². The summed E-state index contributed by atoms with van der Waals surface area (Å²) in [7, 11) is 0. The number of halogens is 1. The fraction of sp³-hybridized carbons (Fsp3) is 0.286. The van der Waals surface area contributed by atoms with Crippen LogP contribution < -0.4 is 15.4 Å². The van der Waals surface area contributed by atoms with Gasteiger partial charge in [0.1, 0.15) is 17.7 Å². The number of nitrogens with one attached hydrogen (secondary N) is 2. The Morgan fingerprint density at radius 1 is 0.914 bits per heavy atom. The number of fused-ring (bicyclic) bond motifs is 1. The van der Waals surface area contributed by atoms with Gasteiger partial charge in [0.15, 0.2) is 0 Å². The lowest BCUT2D eigenvalue weighted by Gasteiger charge is -2.27. The number of nitrogens with zero attached hydrogens (tertiary/aromatic N) is 2. The Bertz CT molecular complexity index is 1270. The van der Waals surface area contributed by atoms with Crippen LogP contribution in [-0.2, 0) is 0 Å². The molecular formula is C28H31FN4O2. The van der Waals surface area contributed by atoms with Crippen LogP contribution in [0.1, 0.15) is 39.4 Å². The van der Waals surface area contributed by atoms with E-state index in [1.807, 2.05) is 62.4 Å². The lowest BCUT2D eigenvalue weighted by molar-refractivity contribution is 0.160. The highest BCUT2D eigenvalue weighted by Crippen LogP contribution is 2.29. The number of hydrogen-bond acceptors (Lipinski definition) is 3. The van der Waals surface area contributed by atoms with Crippen LogP contribution in [0.3, 0.4) is 0 Å². The Morgan fingerprint density at radius 3 is 2.29 bits per heavy atom. The zero-order chi connectivity index (χ0) is 24.9. The summed E-state index contributed by atoms with van der Waals surface area (Å²) in [5, 5.41) is 11.4. The highest BCUT2D eigenvalue weighted by atomic mass is 19.1. The highest BCUT2D eigenvalue weighted by molar-refractivity contribution is 5.81. The highest BCUT2D eigenvalue weighted by Gasteiger charge is 2.24. The molecule has 0 aliphatic carbocycles. The summed E-state index contributed by atoms with van der Waals surface area (Å²) >= 11 is 0. The smallest absolute Gasteiger partial charge is 0.315 e. The molecule has 0 aliphatic heterocycles. The van der Waals surface area contributed by atoms with Gasteiger partial charge in [-0.1, -0.05) is 44.2 Å². The fourth-order valence-electron chi connectivity index (χ4n) is 3.82. The van der Waals surface area contributed by atoms with E-state index in [0.717, 1.165) is 22.2 Å². The molecule has 0 saturated heterocycles. The van der Waals surface area contributed by atoms with E-state index in [-0.39, 0.29) is 23.9 Å². The van der Waals surface area contributed by atoms with Crippen molar-refractivity contribution in [2.45, 2.75) is 45.9 Å². The molecule has 7 heteroatoms. The van der Waals surface area contributed by atoms with Crippen molar-refractivity contribution in [2.24, 2.45) is 5.92 Å². The molecule has 0 spiro atoms. The molecule has 4 rings (SSSR count). The Kier molecular flexibility index (Phi) is 7.34. The van der Waals surface area contributed by atoms with Crippen LogP contribution in [0.2, 0.25) is 0 Å². The number of carbonyl (C=O) groups excluding carboxylic acids is 1. The molecule has 1 heterocycles. The second kappa shape index (κ2) is 10.6. The molecule has 0 aliphatic rings. The monoisotopic (exact) mass is 474 g/mol. The first-order chi connectivity index (χ1) is 16.8. The second-order valence-electron chi connectivity index (χ2n) is 9.14. The predicted octanol–water partition coefficient (Wildman–Crippen LogP) is 6.02. The van der Waals surface area contributed by atoms with Gasteiger partial charge in [0.2, 0.25) is 0 Å². The molecule has 6 nitrogen and oxygen atoms in total. The zero-order valence-corrected chi connectivity index (χ0v) is 20.4. The number of rotatable bonds is 8. The Balaban J connectivity index is 1.56. The minimum atomic E-state index is -0.402. The van der Waals surface area contributed by atoms with Gasteiger partial charge < -0.3 is 15.4 Å². The standard InChI is InChI=1S/C28H31FN4O2/c1-18(2)19(3)31-28(34)32-20(4)27(21-8-6-5-7-9-21)35-25-14-15-26-22(16-25)17-30-33(26)24-12-10-23(29)11-13-24/h5-20,27H,1-4H3,(H2,31,32,34)/t19?,20-,27-/m0/s1. The zero-order valence-electron chi connectivity index (χ0n) is 20.4. The summed E-state index contributed by atoms with van der Waals surface area (Å²) in [6.45, 7) is 8.06. The third kappa shape index (κ3) is 5.80. The van der Waals surface area contributed by atoms with Gasteiger partial charge >= 0.3 is 6.03 Å². The second-order valence-corrected chi connectivity index (χ2v) is 9.14. The van der Waals surface area contributed by atoms with Crippen LogP contribution in [0.25, 0.3) is 16.6 Å². The summed E-state index contributed by atoms with van der Waals surface area (Å²) in [4.78, 5) is 12.6. The lowest BCUT2D eigenvalue weighted by atomic mass is 10.0. The van der Waals surface area contributed by atoms with Crippen molar-refractivity contribution >= 4 is 16.9 Å². The van der Waals surface area contributed by atoms with Crippen LogP contribution in [0, 0.1) is 11.7 Å². The first kappa shape index (κ1) is 24.3. The Hall–Kier alpha value is -3.87. The van der Waals surface area contributed by atoms with Gasteiger partial charge in [-0.15, -0.1) is 0 Å². The van der Waals surface area contributed by atoms with Crippen LogP contribution in [0.4, 0.5) is 9.18 Å². The molecule has 2 amide bonds. The van der Waals surface area contributed by atoms with Crippen LogP contribution >= 0.6 is 0 Å². The molecule has 0 radical (unpaired) electrons. The van der Waals surface area contributed by atoms with Gasteiger partial charge in [0.05, 0.1) is 23.4 Å². The van der Waals surface area contributed by atoms with E-state index in [9.17, 15) is 9.18 Å². The summed E-state index contributed by atoms with van der Waals surface area (Å²) in [5.41, 5.74) is 2.62. The molecule has 2 N–H and O–H groups in total. The summed E-state index contributed by atoms with van der Waals surface area (Å²) in [5.74, 6) is 0.706. The van der Waals surface area contributed by atoms with E-state index >= 15 is 0 Å². The van der Waals surface area contributed by atoms with Crippen LogP contribution in [0.5, 0.6) is 5.75 Å². The number of ether oxygens (including phenoxy) is 1. The van der Waals surface area contributed by atoms with E-state index in [2.05, 4.69) is 29.6 Å². The number of amides is 2. The first-order valence-electron chi connectivity index (χ1n) is 11.8. The topological polar surface area (TPSA) is 68.2 Å². The lowest BCUT2D eigenvalue weighted by Crippen LogP contribution is -2.48. The molecular weight excluding hydrogens is 443 g/mol. The van der Waals surface area contributed by atoms with Crippen molar-refractivity contribution < 1.29 is 13.9 Å². The minimum absolute atomic E-state index is 0.0540. The maximum Gasteiger partial charge on any atom is 0.315 e. The number of benzene rings is 3. The van der Waals surface area contributed by atoms with Gasteiger partial charge in [-0.2, -0.15) is 5.10 Å². The minimum Gasteiger partial charge on any atom is -0.484 e. The van der Waals surface area contributed by atoms with Crippen molar-refractivity contribution in [1.29, 1.82) is 0 Å². The molecule has 0 saturated carbocycles. The third-order valence-corrected chi connectivity index (χ3v) is 6.17. The van der Waals surface area contributed by atoms with Crippen LogP contribution in [-0.4, -0.2) is 27.9 Å². The van der Waals surface area contributed by atoms with Crippen molar-refractivity contribution in [3.05, 3.63) is 90.4 Å². The SMILES string of the molecule is CC(C)C(C)NC(=O)N[C@@H](C)[C@H](Oc1ccc2c(cnn2-c2ccc(F)cc2)c1)c1ccccc1. The van der Waals surface area contributed by atoms with Crippen molar-refractivity contribution in [1.82, 2.24) is 20.4 Å².